The maximum absolute atomic E-state index is 12.0. The highest BCUT2D eigenvalue weighted by Gasteiger charge is 2.08. The Morgan fingerprint density at radius 2 is 1.81 bits per heavy atom. The van der Waals surface area contributed by atoms with Gasteiger partial charge in [0.1, 0.15) is 5.75 Å². The van der Waals surface area contributed by atoms with Crippen LogP contribution in [0.15, 0.2) is 46.9 Å². The van der Waals surface area contributed by atoms with Gasteiger partial charge in [-0.05, 0) is 77.7 Å². The number of rotatable bonds is 9. The van der Waals surface area contributed by atoms with Crippen molar-refractivity contribution < 1.29 is 19.1 Å². The molecule has 144 valence electrons. The van der Waals surface area contributed by atoms with Crippen LogP contribution in [0.5, 0.6) is 5.75 Å². The van der Waals surface area contributed by atoms with Gasteiger partial charge in [0, 0.05) is 12.1 Å². The molecule has 2 aromatic rings. The maximum Gasteiger partial charge on any atom is 0.338 e. The third-order valence-electron chi connectivity index (χ3n) is 3.89. The fourth-order valence-corrected chi connectivity index (χ4v) is 2.96. The van der Waals surface area contributed by atoms with E-state index < -0.39 is 0 Å². The van der Waals surface area contributed by atoms with E-state index in [1.165, 1.54) is 5.56 Å². The minimum absolute atomic E-state index is 0.0946. The van der Waals surface area contributed by atoms with Crippen LogP contribution < -0.4 is 10.1 Å². The number of hydrogen-bond donors (Lipinski definition) is 1. The van der Waals surface area contributed by atoms with E-state index in [1.54, 1.807) is 31.2 Å². The highest BCUT2D eigenvalue weighted by atomic mass is 79.9. The van der Waals surface area contributed by atoms with E-state index >= 15 is 0 Å². The van der Waals surface area contributed by atoms with Gasteiger partial charge in [-0.2, -0.15) is 0 Å². The Morgan fingerprint density at radius 3 is 2.44 bits per heavy atom. The van der Waals surface area contributed by atoms with Crippen LogP contribution in [0.25, 0.3) is 0 Å². The normalized spacial score (nSPS) is 10.3. The first kappa shape index (κ1) is 21.0. The number of benzene rings is 2. The molecule has 0 aromatic heterocycles. The van der Waals surface area contributed by atoms with Crippen LogP contribution in [-0.2, 0) is 16.0 Å². The van der Waals surface area contributed by atoms with E-state index in [-0.39, 0.29) is 11.9 Å². The molecule has 0 heterocycles. The Kier molecular flexibility index (Phi) is 8.33. The fourth-order valence-electron chi connectivity index (χ4n) is 2.42. The molecule has 27 heavy (non-hydrogen) atoms. The second-order valence-corrected chi connectivity index (χ2v) is 6.77. The van der Waals surface area contributed by atoms with Gasteiger partial charge in [0.2, 0.25) is 5.91 Å². The first-order valence-corrected chi connectivity index (χ1v) is 9.81. The number of anilines is 1. The van der Waals surface area contributed by atoms with Crippen molar-refractivity contribution in [3.05, 3.63) is 58.1 Å². The third-order valence-corrected chi connectivity index (χ3v) is 4.51. The number of nitrogens with one attached hydrogen (secondary N) is 1. The number of carbonyl (C=O) groups excluding carboxylic acids is 2. The van der Waals surface area contributed by atoms with Crippen molar-refractivity contribution in [2.24, 2.45) is 0 Å². The van der Waals surface area contributed by atoms with Gasteiger partial charge in [-0.3, -0.25) is 4.79 Å². The summed E-state index contributed by atoms with van der Waals surface area (Å²) in [5.74, 6) is 0.315. The molecule has 0 bridgehead atoms. The lowest BCUT2D eigenvalue weighted by molar-refractivity contribution is -0.116. The molecule has 1 amide bonds. The predicted octanol–water partition coefficient (Wildman–Crippen LogP) is 4.99. The number of hydrogen-bond acceptors (Lipinski definition) is 4. The molecule has 0 radical (unpaired) electrons. The molecule has 6 heteroatoms. The zero-order valence-electron chi connectivity index (χ0n) is 15.6. The molecule has 0 atom stereocenters. The van der Waals surface area contributed by atoms with Crippen LogP contribution in [0.4, 0.5) is 5.69 Å². The highest BCUT2D eigenvalue weighted by Crippen LogP contribution is 2.26. The molecule has 2 aromatic carbocycles. The Balaban J connectivity index is 1.74. The van der Waals surface area contributed by atoms with E-state index in [0.29, 0.717) is 37.3 Å². The van der Waals surface area contributed by atoms with Gasteiger partial charge < -0.3 is 14.8 Å². The van der Waals surface area contributed by atoms with Crippen molar-refractivity contribution in [3.8, 4) is 5.75 Å². The molecular formula is C21H24BrNO4. The molecular weight excluding hydrogens is 410 g/mol. The van der Waals surface area contributed by atoms with E-state index in [9.17, 15) is 9.59 Å². The van der Waals surface area contributed by atoms with Gasteiger partial charge in [0.25, 0.3) is 0 Å². The molecule has 0 saturated heterocycles. The van der Waals surface area contributed by atoms with Gasteiger partial charge in [-0.15, -0.1) is 0 Å². The standard InChI is InChI=1S/C21H24BrNO4/c1-3-15-7-12-19(18(22)14-15)27-13-5-6-20(24)23-17-10-8-16(9-11-17)21(25)26-4-2/h7-12,14H,3-6,13H2,1-2H3,(H,23,24). The maximum atomic E-state index is 12.0. The lowest BCUT2D eigenvalue weighted by atomic mass is 10.2. The quantitative estimate of drug-likeness (QED) is 0.446. The summed E-state index contributed by atoms with van der Waals surface area (Å²) in [6.45, 7) is 4.65. The molecule has 0 fully saturated rings. The van der Waals surface area contributed by atoms with Gasteiger partial charge in [-0.25, -0.2) is 4.79 Å². The first-order valence-electron chi connectivity index (χ1n) is 9.01. The summed E-state index contributed by atoms with van der Waals surface area (Å²) in [7, 11) is 0. The van der Waals surface area contributed by atoms with Crippen LogP contribution in [0.2, 0.25) is 0 Å². The Labute approximate surface area is 168 Å². The SMILES string of the molecule is CCOC(=O)c1ccc(NC(=O)CCCOc2ccc(CC)cc2Br)cc1. The predicted molar refractivity (Wildman–Crippen MR) is 109 cm³/mol. The van der Waals surface area contributed by atoms with Gasteiger partial charge in [0.05, 0.1) is 23.2 Å². The van der Waals surface area contributed by atoms with Crippen molar-refractivity contribution in [2.75, 3.05) is 18.5 Å². The number of esters is 1. The molecule has 0 aliphatic carbocycles. The van der Waals surface area contributed by atoms with E-state index in [2.05, 4.69) is 28.2 Å². The minimum atomic E-state index is -0.370. The lowest BCUT2D eigenvalue weighted by Crippen LogP contribution is -2.13. The average Bonchev–Trinajstić information content (AvgIpc) is 2.67. The number of halogens is 1. The zero-order chi connectivity index (χ0) is 19.6. The van der Waals surface area contributed by atoms with E-state index in [1.807, 2.05) is 18.2 Å². The number of carbonyl (C=O) groups is 2. The number of amides is 1. The second-order valence-electron chi connectivity index (χ2n) is 5.92. The minimum Gasteiger partial charge on any atom is -0.492 e. The second kappa shape index (κ2) is 10.7. The van der Waals surface area contributed by atoms with Crippen LogP contribution in [0.1, 0.15) is 42.6 Å². The van der Waals surface area contributed by atoms with Crippen LogP contribution >= 0.6 is 15.9 Å². The van der Waals surface area contributed by atoms with E-state index in [4.69, 9.17) is 9.47 Å². The number of ether oxygens (including phenoxy) is 2. The summed E-state index contributed by atoms with van der Waals surface area (Å²) < 4.78 is 11.6. The molecule has 5 nitrogen and oxygen atoms in total. The Bertz CT molecular complexity index is 774. The van der Waals surface area contributed by atoms with Crippen LogP contribution in [0, 0.1) is 0 Å². The third kappa shape index (κ3) is 6.71. The monoisotopic (exact) mass is 433 g/mol. The summed E-state index contributed by atoms with van der Waals surface area (Å²) >= 11 is 3.50. The first-order chi connectivity index (χ1) is 13.0. The average molecular weight is 434 g/mol. The Morgan fingerprint density at radius 1 is 1.07 bits per heavy atom. The summed E-state index contributed by atoms with van der Waals surface area (Å²) in [5.41, 5.74) is 2.34. The highest BCUT2D eigenvalue weighted by molar-refractivity contribution is 9.10. The zero-order valence-corrected chi connectivity index (χ0v) is 17.2. The molecule has 0 spiro atoms. The molecule has 1 N–H and O–H groups in total. The smallest absolute Gasteiger partial charge is 0.338 e. The lowest BCUT2D eigenvalue weighted by Gasteiger charge is -2.10. The van der Waals surface area contributed by atoms with Crippen molar-refractivity contribution in [3.63, 3.8) is 0 Å². The Hall–Kier alpha value is -2.34. The fraction of sp³-hybridized carbons (Fsp3) is 0.333. The van der Waals surface area contributed by atoms with Gasteiger partial charge >= 0.3 is 5.97 Å². The summed E-state index contributed by atoms with van der Waals surface area (Å²) in [5, 5.41) is 2.81. The van der Waals surface area contributed by atoms with Crippen LogP contribution in [-0.4, -0.2) is 25.1 Å². The number of aryl methyl sites for hydroxylation is 1. The molecule has 0 aliphatic heterocycles. The van der Waals surface area contributed by atoms with E-state index in [0.717, 1.165) is 16.6 Å². The van der Waals surface area contributed by atoms with Gasteiger partial charge in [-0.1, -0.05) is 13.0 Å². The van der Waals surface area contributed by atoms with Crippen molar-refractivity contribution in [1.29, 1.82) is 0 Å². The summed E-state index contributed by atoms with van der Waals surface area (Å²) in [6.07, 6.45) is 1.93. The summed E-state index contributed by atoms with van der Waals surface area (Å²) in [4.78, 5) is 23.6. The molecule has 2 rings (SSSR count). The largest absolute Gasteiger partial charge is 0.492 e. The van der Waals surface area contributed by atoms with Gasteiger partial charge in [0.15, 0.2) is 0 Å². The molecule has 0 unspecified atom stereocenters. The van der Waals surface area contributed by atoms with Crippen molar-refractivity contribution in [2.45, 2.75) is 33.1 Å². The molecule has 0 saturated carbocycles. The molecule has 0 aliphatic rings. The van der Waals surface area contributed by atoms with Crippen molar-refractivity contribution in [1.82, 2.24) is 0 Å². The topological polar surface area (TPSA) is 64.6 Å². The van der Waals surface area contributed by atoms with Crippen LogP contribution in [0.3, 0.4) is 0 Å². The summed E-state index contributed by atoms with van der Waals surface area (Å²) in [6, 6.07) is 12.7. The van der Waals surface area contributed by atoms with Crippen molar-refractivity contribution >= 4 is 33.5 Å².